The lowest BCUT2D eigenvalue weighted by atomic mass is 10.2. The molecular weight excluding hydrogens is 150 g/mol. The summed E-state index contributed by atoms with van der Waals surface area (Å²) in [6, 6.07) is 7.83. The number of nitrogens with zero attached hydrogens (tertiary/aromatic N) is 1. The highest BCUT2D eigenvalue weighted by Crippen LogP contribution is 2.10. The largest absolute Gasteiger partial charge is 0.497 e. The van der Waals surface area contributed by atoms with E-state index in [4.69, 9.17) is 4.74 Å². The van der Waals surface area contributed by atoms with Gasteiger partial charge >= 0.3 is 0 Å². The van der Waals surface area contributed by atoms with Crippen LogP contribution in [0.25, 0.3) is 0 Å². The Bertz CT molecular complexity index is 268. The van der Waals surface area contributed by atoms with Gasteiger partial charge in [-0.1, -0.05) is 12.1 Å². The van der Waals surface area contributed by atoms with Crippen molar-refractivity contribution in [3.8, 4) is 5.75 Å². The number of hydrogen-bond acceptors (Lipinski definition) is 2. The number of methoxy groups -OCH3 is 1. The predicted molar refractivity (Wildman–Crippen MR) is 51.1 cm³/mol. The van der Waals surface area contributed by atoms with Crippen molar-refractivity contribution in [3.63, 3.8) is 0 Å². The van der Waals surface area contributed by atoms with Crippen molar-refractivity contribution >= 4 is 6.21 Å². The fourth-order valence-electron chi connectivity index (χ4n) is 0.919. The summed E-state index contributed by atoms with van der Waals surface area (Å²) in [4.78, 5) is 4.14. The molecule has 0 radical (unpaired) electrons. The highest BCUT2D eigenvalue weighted by Gasteiger charge is 1.90. The van der Waals surface area contributed by atoms with Gasteiger partial charge in [-0.25, -0.2) is 0 Å². The van der Waals surface area contributed by atoms with E-state index in [2.05, 4.69) is 4.99 Å². The molecule has 0 unspecified atom stereocenters. The highest BCUT2D eigenvalue weighted by molar-refractivity contribution is 5.80. The van der Waals surface area contributed by atoms with E-state index in [0.717, 1.165) is 17.9 Å². The Labute approximate surface area is 72.9 Å². The van der Waals surface area contributed by atoms with Crippen molar-refractivity contribution in [3.05, 3.63) is 29.8 Å². The number of aliphatic imine (C=N–C) groups is 1. The molecule has 1 aromatic carbocycles. The van der Waals surface area contributed by atoms with E-state index in [1.165, 1.54) is 0 Å². The molecule has 2 heteroatoms. The summed E-state index contributed by atoms with van der Waals surface area (Å²) in [6.07, 6.45) is 1.85. The molecule has 0 aliphatic rings. The van der Waals surface area contributed by atoms with Gasteiger partial charge in [0, 0.05) is 12.8 Å². The second-order valence-corrected chi connectivity index (χ2v) is 2.40. The first-order valence-corrected chi connectivity index (χ1v) is 4.00. The highest BCUT2D eigenvalue weighted by atomic mass is 16.5. The lowest BCUT2D eigenvalue weighted by Crippen LogP contribution is -1.85. The summed E-state index contributed by atoms with van der Waals surface area (Å²) < 4.78 is 5.07. The molecule has 1 aromatic rings. The fourth-order valence-corrected chi connectivity index (χ4v) is 0.919. The van der Waals surface area contributed by atoms with Crippen LogP contribution in [0.3, 0.4) is 0 Å². The molecule has 64 valence electrons. The lowest BCUT2D eigenvalue weighted by Gasteiger charge is -1.98. The van der Waals surface area contributed by atoms with Gasteiger partial charge in [-0.15, -0.1) is 0 Å². The van der Waals surface area contributed by atoms with Crippen LogP contribution in [0.5, 0.6) is 5.75 Å². The Morgan fingerprint density at radius 1 is 1.50 bits per heavy atom. The molecule has 0 saturated carbocycles. The lowest BCUT2D eigenvalue weighted by molar-refractivity contribution is 0.415. The standard InChI is InChI=1S/C10H13NO/c1-3-11-8-9-5-4-6-10(7-9)12-2/h4-8H,3H2,1-2H3. The van der Waals surface area contributed by atoms with Crippen LogP contribution < -0.4 is 4.74 Å². The molecule has 1 rings (SSSR count). The molecule has 12 heavy (non-hydrogen) atoms. The zero-order valence-corrected chi connectivity index (χ0v) is 7.45. The normalized spacial score (nSPS) is 10.5. The summed E-state index contributed by atoms with van der Waals surface area (Å²) in [6.45, 7) is 2.83. The van der Waals surface area contributed by atoms with Crippen molar-refractivity contribution < 1.29 is 4.74 Å². The Kier molecular flexibility index (Phi) is 3.33. The zero-order chi connectivity index (χ0) is 8.81. The molecule has 0 fully saturated rings. The second kappa shape index (κ2) is 4.54. The van der Waals surface area contributed by atoms with Crippen molar-refractivity contribution in [2.24, 2.45) is 4.99 Å². The van der Waals surface area contributed by atoms with Crippen molar-refractivity contribution in [2.45, 2.75) is 6.92 Å². The van der Waals surface area contributed by atoms with E-state index in [1.54, 1.807) is 7.11 Å². The fraction of sp³-hybridized carbons (Fsp3) is 0.300. The van der Waals surface area contributed by atoms with Crippen LogP contribution in [0.15, 0.2) is 29.3 Å². The van der Waals surface area contributed by atoms with E-state index >= 15 is 0 Å². The van der Waals surface area contributed by atoms with Crippen LogP contribution >= 0.6 is 0 Å². The van der Waals surface area contributed by atoms with Gasteiger partial charge in [0.2, 0.25) is 0 Å². The maximum Gasteiger partial charge on any atom is 0.119 e. The minimum absolute atomic E-state index is 0.817. The summed E-state index contributed by atoms with van der Waals surface area (Å²) in [5.74, 6) is 0.870. The first kappa shape index (κ1) is 8.78. The minimum atomic E-state index is 0.817. The molecule has 0 bridgehead atoms. The molecule has 0 aliphatic carbocycles. The first-order valence-electron chi connectivity index (χ1n) is 4.00. The van der Waals surface area contributed by atoms with Crippen LogP contribution in [0.1, 0.15) is 12.5 Å². The Morgan fingerprint density at radius 3 is 3.00 bits per heavy atom. The zero-order valence-electron chi connectivity index (χ0n) is 7.45. The second-order valence-electron chi connectivity index (χ2n) is 2.40. The average molecular weight is 163 g/mol. The topological polar surface area (TPSA) is 21.6 Å². The first-order chi connectivity index (χ1) is 5.86. The number of hydrogen-bond donors (Lipinski definition) is 0. The summed E-state index contributed by atoms with van der Waals surface area (Å²) in [5, 5.41) is 0. The molecule has 0 heterocycles. The maximum absolute atomic E-state index is 5.07. The Morgan fingerprint density at radius 2 is 2.33 bits per heavy atom. The van der Waals surface area contributed by atoms with Gasteiger partial charge in [0.25, 0.3) is 0 Å². The van der Waals surface area contributed by atoms with Crippen molar-refractivity contribution in [1.29, 1.82) is 0 Å². The van der Waals surface area contributed by atoms with Crippen LogP contribution in [0.2, 0.25) is 0 Å². The molecule has 0 spiro atoms. The van der Waals surface area contributed by atoms with E-state index < -0.39 is 0 Å². The molecule has 0 N–H and O–H groups in total. The van der Waals surface area contributed by atoms with Gasteiger partial charge in [0.15, 0.2) is 0 Å². The number of benzene rings is 1. The number of ether oxygens (including phenoxy) is 1. The summed E-state index contributed by atoms with van der Waals surface area (Å²) in [5.41, 5.74) is 1.08. The molecule has 0 amide bonds. The quantitative estimate of drug-likeness (QED) is 0.625. The van der Waals surface area contributed by atoms with Gasteiger partial charge in [-0.05, 0) is 24.6 Å². The smallest absolute Gasteiger partial charge is 0.119 e. The molecule has 2 nitrogen and oxygen atoms in total. The Hall–Kier alpha value is -1.31. The third kappa shape index (κ3) is 2.38. The summed E-state index contributed by atoms with van der Waals surface area (Å²) in [7, 11) is 1.66. The third-order valence-electron chi connectivity index (χ3n) is 1.52. The van der Waals surface area contributed by atoms with Crippen molar-refractivity contribution in [2.75, 3.05) is 13.7 Å². The van der Waals surface area contributed by atoms with Gasteiger partial charge in [0.1, 0.15) is 5.75 Å². The van der Waals surface area contributed by atoms with Gasteiger partial charge in [-0.3, -0.25) is 4.99 Å². The van der Waals surface area contributed by atoms with Crippen LogP contribution in [0.4, 0.5) is 0 Å². The van der Waals surface area contributed by atoms with E-state index in [-0.39, 0.29) is 0 Å². The minimum Gasteiger partial charge on any atom is -0.497 e. The van der Waals surface area contributed by atoms with Crippen LogP contribution in [0, 0.1) is 0 Å². The molecule has 0 saturated heterocycles. The van der Waals surface area contributed by atoms with Gasteiger partial charge in [-0.2, -0.15) is 0 Å². The SMILES string of the molecule is CCN=Cc1cccc(OC)c1. The Balaban J connectivity index is 2.79. The van der Waals surface area contributed by atoms with Gasteiger partial charge < -0.3 is 4.74 Å². The van der Waals surface area contributed by atoms with Crippen LogP contribution in [-0.2, 0) is 0 Å². The average Bonchev–Trinajstić information content (AvgIpc) is 2.15. The molecular formula is C10H13NO. The third-order valence-corrected chi connectivity index (χ3v) is 1.52. The predicted octanol–water partition coefficient (Wildman–Crippen LogP) is 2.13. The monoisotopic (exact) mass is 163 g/mol. The summed E-state index contributed by atoms with van der Waals surface area (Å²) >= 11 is 0. The van der Waals surface area contributed by atoms with E-state index in [1.807, 2.05) is 37.4 Å². The van der Waals surface area contributed by atoms with Gasteiger partial charge in [0.05, 0.1) is 7.11 Å². The number of rotatable bonds is 3. The maximum atomic E-state index is 5.07. The molecule has 0 aromatic heterocycles. The molecule has 0 aliphatic heterocycles. The molecule has 0 atom stereocenters. The van der Waals surface area contributed by atoms with Crippen LogP contribution in [-0.4, -0.2) is 19.9 Å². The van der Waals surface area contributed by atoms with E-state index in [0.29, 0.717) is 0 Å². The van der Waals surface area contributed by atoms with E-state index in [9.17, 15) is 0 Å². The van der Waals surface area contributed by atoms with Crippen molar-refractivity contribution in [1.82, 2.24) is 0 Å².